The number of carbonyl (C=O) groups excluding carboxylic acids is 1. The van der Waals surface area contributed by atoms with Crippen molar-refractivity contribution in [1.29, 1.82) is 0 Å². The molecule has 4 saturated carbocycles. The minimum Gasteiger partial charge on any atom is -0.378 e. The van der Waals surface area contributed by atoms with Crippen LogP contribution in [0.1, 0.15) is 71.6 Å². The summed E-state index contributed by atoms with van der Waals surface area (Å²) in [5.41, 5.74) is 1.02. The second-order valence-electron chi connectivity index (χ2n) is 11.4. The van der Waals surface area contributed by atoms with E-state index in [1.165, 1.54) is 63.5 Å². The number of anilines is 1. The summed E-state index contributed by atoms with van der Waals surface area (Å²) in [4.78, 5) is 13.2. The molecule has 0 radical (unpaired) electrons. The molecule has 0 aliphatic heterocycles. The van der Waals surface area contributed by atoms with Crippen molar-refractivity contribution in [2.45, 2.75) is 71.6 Å². The molecule has 4 aliphatic rings. The summed E-state index contributed by atoms with van der Waals surface area (Å²) >= 11 is 0. The smallest absolute Gasteiger partial charge is 0.155 e. The molecule has 8 atom stereocenters. The average Bonchev–Trinajstić information content (AvgIpc) is 3.10. The lowest BCUT2D eigenvalue weighted by atomic mass is 9.49. The van der Waals surface area contributed by atoms with Crippen LogP contribution in [0, 0.1) is 52.7 Å². The van der Waals surface area contributed by atoms with E-state index in [4.69, 9.17) is 0 Å². The maximum atomic E-state index is 13.2. The summed E-state index contributed by atoms with van der Waals surface area (Å²) in [7, 11) is 0. The number of halogens is 1. The molecular weight excluding hydrogens is 373 g/mol. The molecule has 4 aliphatic carbocycles. The van der Waals surface area contributed by atoms with Gasteiger partial charge in [-0.3, -0.25) is 4.79 Å². The molecule has 3 heteroatoms. The van der Waals surface area contributed by atoms with E-state index in [1.807, 2.05) is 0 Å². The van der Waals surface area contributed by atoms with E-state index >= 15 is 0 Å². The first-order chi connectivity index (χ1) is 14.5. The summed E-state index contributed by atoms with van der Waals surface area (Å²) in [6, 6.07) is 6.33. The summed E-state index contributed by atoms with van der Waals surface area (Å²) in [6.07, 6.45) is 12.1. The molecule has 0 saturated heterocycles. The van der Waals surface area contributed by atoms with Crippen molar-refractivity contribution >= 4 is 11.5 Å². The van der Waals surface area contributed by atoms with Gasteiger partial charge < -0.3 is 5.32 Å². The maximum Gasteiger partial charge on any atom is 0.155 e. The number of carbonyl (C=O) groups is 1. The van der Waals surface area contributed by atoms with Gasteiger partial charge in [0.2, 0.25) is 0 Å². The molecule has 1 N–H and O–H groups in total. The van der Waals surface area contributed by atoms with E-state index < -0.39 is 0 Å². The predicted octanol–water partition coefficient (Wildman–Crippen LogP) is 6.71. The average molecular weight is 412 g/mol. The monoisotopic (exact) mass is 411 g/mol. The normalized spacial score (nSPS) is 42.7. The van der Waals surface area contributed by atoms with Crippen LogP contribution in [0.3, 0.4) is 0 Å². The Morgan fingerprint density at radius 2 is 1.77 bits per heavy atom. The van der Waals surface area contributed by atoms with Crippen LogP contribution in [-0.4, -0.2) is 12.3 Å². The zero-order valence-corrected chi connectivity index (χ0v) is 18.7. The number of hydrogen-bond acceptors (Lipinski definition) is 2. The Morgan fingerprint density at radius 3 is 2.57 bits per heavy atom. The highest BCUT2D eigenvalue weighted by atomic mass is 19.1. The third-order valence-corrected chi connectivity index (χ3v) is 9.92. The zero-order valence-electron chi connectivity index (χ0n) is 18.7. The number of Topliss-reactive ketones (excluding diaryl/α,β-unsaturated/α-hetero) is 1. The minimum absolute atomic E-state index is 0.192. The van der Waals surface area contributed by atoms with E-state index in [0.717, 1.165) is 47.6 Å². The molecule has 164 valence electrons. The van der Waals surface area contributed by atoms with Crippen LogP contribution in [0.5, 0.6) is 0 Å². The van der Waals surface area contributed by atoms with Gasteiger partial charge in [-0.15, -0.1) is 0 Å². The van der Waals surface area contributed by atoms with Crippen LogP contribution in [-0.2, 0) is 4.79 Å². The molecule has 7 unspecified atom stereocenters. The largest absolute Gasteiger partial charge is 0.378 e. The maximum absolute atomic E-state index is 13.2. The molecule has 4 fully saturated rings. The van der Waals surface area contributed by atoms with Crippen LogP contribution in [0.25, 0.3) is 0 Å². The Balaban J connectivity index is 1.26. The molecule has 0 spiro atoms. The highest BCUT2D eigenvalue weighted by molar-refractivity contribution is 5.86. The Kier molecular flexibility index (Phi) is 5.44. The lowest BCUT2D eigenvalue weighted by molar-refractivity contribution is -0.128. The lowest BCUT2D eigenvalue weighted by Crippen LogP contribution is -2.49. The van der Waals surface area contributed by atoms with Crippen LogP contribution in [0.4, 0.5) is 10.1 Å². The van der Waals surface area contributed by atoms with E-state index in [9.17, 15) is 9.18 Å². The predicted molar refractivity (Wildman–Crippen MR) is 120 cm³/mol. The summed E-state index contributed by atoms with van der Waals surface area (Å²) in [5, 5.41) is 3.24. The van der Waals surface area contributed by atoms with Gasteiger partial charge in [0.05, 0.1) is 6.54 Å². The molecule has 0 heterocycles. The molecule has 0 aromatic heterocycles. The molecule has 30 heavy (non-hydrogen) atoms. The molecule has 1 aromatic carbocycles. The van der Waals surface area contributed by atoms with Crippen LogP contribution in [0.2, 0.25) is 0 Å². The van der Waals surface area contributed by atoms with E-state index in [2.05, 4.69) is 19.2 Å². The quantitative estimate of drug-likeness (QED) is 0.596. The fraction of sp³-hybridized carbons (Fsp3) is 0.741. The highest BCUT2D eigenvalue weighted by Gasteiger charge is 2.58. The van der Waals surface area contributed by atoms with Gasteiger partial charge >= 0.3 is 0 Å². The van der Waals surface area contributed by atoms with Gasteiger partial charge in [0.15, 0.2) is 5.78 Å². The standard InChI is InChI=1S/C27H38FNO/c1-17-3-9-21-18(15-17)4-10-23-22(21)13-14-27(2)24(23)11-12-25(27)26(30)16-29-20-7-5-19(28)6-8-20/h5-8,17-18,21-25,29H,3-4,9-16H2,1-2H3/t17?,18?,21?,22?,23?,24?,25-,27?/m1/s1. The van der Waals surface area contributed by atoms with Gasteiger partial charge in [0.25, 0.3) is 0 Å². The summed E-state index contributed by atoms with van der Waals surface area (Å²) in [5.74, 6) is 5.75. The Labute approximate surface area is 181 Å². The third kappa shape index (κ3) is 3.50. The van der Waals surface area contributed by atoms with Crippen molar-refractivity contribution in [1.82, 2.24) is 0 Å². The lowest BCUT2D eigenvalue weighted by Gasteiger charge is -2.56. The molecule has 5 rings (SSSR count). The minimum atomic E-state index is -0.239. The van der Waals surface area contributed by atoms with E-state index in [-0.39, 0.29) is 17.2 Å². The Morgan fingerprint density at radius 1 is 1.00 bits per heavy atom. The van der Waals surface area contributed by atoms with Gasteiger partial charge in [-0.05, 0) is 117 Å². The second kappa shape index (κ2) is 7.95. The van der Waals surface area contributed by atoms with Crippen LogP contribution >= 0.6 is 0 Å². The van der Waals surface area contributed by atoms with E-state index in [1.54, 1.807) is 12.1 Å². The topological polar surface area (TPSA) is 29.1 Å². The molecule has 0 amide bonds. The number of fused-ring (bicyclic) bond motifs is 5. The van der Waals surface area contributed by atoms with Crippen molar-refractivity contribution in [3.05, 3.63) is 30.1 Å². The van der Waals surface area contributed by atoms with Gasteiger partial charge in [-0.25, -0.2) is 4.39 Å². The number of rotatable bonds is 4. The number of hydrogen-bond donors (Lipinski definition) is 1. The first kappa shape index (κ1) is 20.5. The third-order valence-electron chi connectivity index (χ3n) is 9.92. The number of ketones is 1. The molecule has 1 aromatic rings. The molecule has 0 bridgehead atoms. The van der Waals surface area contributed by atoms with Gasteiger partial charge in [-0.1, -0.05) is 20.3 Å². The van der Waals surface area contributed by atoms with Gasteiger partial charge in [0.1, 0.15) is 5.82 Å². The summed E-state index contributed by atoms with van der Waals surface area (Å²) < 4.78 is 13.1. The Bertz CT molecular complexity index is 776. The first-order valence-electron chi connectivity index (χ1n) is 12.5. The first-order valence-corrected chi connectivity index (χ1v) is 12.5. The van der Waals surface area contributed by atoms with Gasteiger partial charge in [-0.2, -0.15) is 0 Å². The molecular formula is C27H38FNO. The van der Waals surface area contributed by atoms with Crippen molar-refractivity contribution in [3.8, 4) is 0 Å². The highest BCUT2D eigenvalue weighted by Crippen LogP contribution is 2.64. The van der Waals surface area contributed by atoms with Crippen molar-refractivity contribution < 1.29 is 9.18 Å². The van der Waals surface area contributed by atoms with Crippen LogP contribution in [0.15, 0.2) is 24.3 Å². The Hall–Kier alpha value is -1.38. The SMILES string of the molecule is CC1CCC2C(CCC3C2CCC2(C)C3CC[C@@H]2C(=O)CNc2ccc(F)cc2)C1. The van der Waals surface area contributed by atoms with E-state index in [0.29, 0.717) is 12.3 Å². The number of benzene rings is 1. The second-order valence-corrected chi connectivity index (χ2v) is 11.4. The molecule has 2 nitrogen and oxygen atoms in total. The van der Waals surface area contributed by atoms with Gasteiger partial charge in [0, 0.05) is 11.6 Å². The fourth-order valence-electron chi connectivity index (χ4n) is 8.50. The van der Waals surface area contributed by atoms with Crippen molar-refractivity contribution in [2.75, 3.05) is 11.9 Å². The number of nitrogens with one attached hydrogen (secondary N) is 1. The fourth-order valence-corrected chi connectivity index (χ4v) is 8.50. The van der Waals surface area contributed by atoms with Crippen LogP contribution < -0.4 is 5.32 Å². The van der Waals surface area contributed by atoms with Crippen molar-refractivity contribution in [2.24, 2.45) is 46.8 Å². The van der Waals surface area contributed by atoms with Crippen molar-refractivity contribution in [3.63, 3.8) is 0 Å². The summed E-state index contributed by atoms with van der Waals surface area (Å²) in [6.45, 7) is 5.26. The zero-order chi connectivity index (χ0) is 20.9.